The van der Waals surface area contributed by atoms with E-state index in [1.165, 1.54) is 26.2 Å². The van der Waals surface area contributed by atoms with Crippen molar-refractivity contribution >= 4 is 34.3 Å². The molecule has 0 unspecified atom stereocenters. The van der Waals surface area contributed by atoms with E-state index in [0.29, 0.717) is 0 Å². The molecule has 123 valence electrons. The fraction of sp³-hybridized carbons (Fsp3) is 0.444. The molecule has 0 N–H and O–H groups in total. The zero-order valence-electron chi connectivity index (χ0n) is 14.3. The van der Waals surface area contributed by atoms with E-state index in [1.54, 1.807) is 0 Å². The molecule has 0 aromatic heterocycles. The second-order valence-corrected chi connectivity index (χ2v) is 11.4. The molecule has 0 fully saturated rings. The number of halogens is 2. The molecule has 1 nitrogen and oxygen atoms in total. The van der Waals surface area contributed by atoms with Gasteiger partial charge in [-0.25, -0.2) is 0 Å². The smallest absolute Gasteiger partial charge is 0.147 e. The van der Waals surface area contributed by atoms with Gasteiger partial charge in [-0.1, -0.05) is 0 Å². The maximum absolute atomic E-state index is 5.99. The van der Waals surface area contributed by atoms with Crippen LogP contribution in [0.3, 0.4) is 0 Å². The second-order valence-electron chi connectivity index (χ2n) is 6.52. The summed E-state index contributed by atoms with van der Waals surface area (Å²) >= 11 is -1.77. The van der Waals surface area contributed by atoms with Gasteiger partial charge in [0.15, 0.2) is 0 Å². The number of allylic oxidation sites excluding steroid dienone is 4. The molecule has 1 aliphatic carbocycles. The van der Waals surface area contributed by atoms with E-state index >= 15 is 0 Å². The summed E-state index contributed by atoms with van der Waals surface area (Å²) < 4.78 is 7.71. The Kier molecular flexibility index (Phi) is 8.69. The van der Waals surface area contributed by atoms with E-state index in [-0.39, 0.29) is 28.5 Å². The van der Waals surface area contributed by atoms with Gasteiger partial charge in [0.05, 0.1) is 0 Å². The average molecular weight is 378 g/mol. The minimum atomic E-state index is -1.77. The molecule has 0 saturated heterocycles. The summed E-state index contributed by atoms with van der Waals surface area (Å²) in [6.45, 7) is 11.4. The maximum atomic E-state index is 5.99. The summed E-state index contributed by atoms with van der Waals surface area (Å²) in [6, 6.07) is 8.87. The molecule has 0 spiro atoms. The van der Waals surface area contributed by atoms with Gasteiger partial charge in [-0.05, 0) is 0 Å². The van der Waals surface area contributed by atoms with Crippen molar-refractivity contribution in [1.29, 1.82) is 0 Å². The zero-order valence-corrected chi connectivity index (χ0v) is 17.5. The summed E-state index contributed by atoms with van der Waals surface area (Å²) in [7, 11) is 1.89. The van der Waals surface area contributed by atoms with Crippen LogP contribution in [0.2, 0.25) is 3.72 Å². The van der Waals surface area contributed by atoms with Gasteiger partial charge in [-0.3, -0.25) is 0 Å². The number of rotatable bonds is 3. The maximum Gasteiger partial charge on any atom is -0.147 e. The van der Waals surface area contributed by atoms with E-state index in [4.69, 9.17) is 3.32 Å². The van der Waals surface area contributed by atoms with Gasteiger partial charge in [0, 0.05) is 0 Å². The first-order valence-electron chi connectivity index (χ1n) is 7.24. The van der Waals surface area contributed by atoms with Gasteiger partial charge in [0.2, 0.25) is 0 Å². The van der Waals surface area contributed by atoms with E-state index in [1.807, 2.05) is 7.11 Å². The predicted molar refractivity (Wildman–Crippen MR) is 98.3 cm³/mol. The van der Waals surface area contributed by atoms with Crippen molar-refractivity contribution in [1.82, 2.24) is 0 Å². The van der Waals surface area contributed by atoms with Crippen molar-refractivity contribution in [3.05, 3.63) is 47.1 Å². The van der Waals surface area contributed by atoms with Crippen molar-refractivity contribution in [2.75, 3.05) is 7.11 Å². The van der Waals surface area contributed by atoms with E-state index in [0.717, 1.165) is 6.42 Å². The van der Waals surface area contributed by atoms with E-state index in [9.17, 15) is 0 Å². The third kappa shape index (κ3) is 4.49. The normalized spacial score (nSPS) is 14.2. The van der Waals surface area contributed by atoms with E-state index in [2.05, 4.69) is 65.0 Å². The molecule has 0 bridgehead atoms. The Morgan fingerprint density at radius 2 is 1.64 bits per heavy atom. The zero-order chi connectivity index (χ0) is 14.9. The SMILES string of the molecule is C[O][Ti]([c]1ccccc1C1=C(C)C(C)=CC1)[C](C)(C)C.Cl.Cl. The average Bonchev–Trinajstić information content (AvgIpc) is 2.70. The summed E-state index contributed by atoms with van der Waals surface area (Å²) in [6.07, 6.45) is 3.40. The Hall–Kier alpha value is -0.0457. The van der Waals surface area contributed by atoms with Crippen LogP contribution in [0.25, 0.3) is 5.57 Å². The fourth-order valence-electron chi connectivity index (χ4n) is 2.88. The molecule has 22 heavy (non-hydrogen) atoms. The number of hydrogen-bond donors (Lipinski definition) is 0. The quantitative estimate of drug-likeness (QED) is 0.616. The van der Waals surface area contributed by atoms with Gasteiger partial charge in [-0.2, -0.15) is 0 Å². The van der Waals surface area contributed by atoms with Crippen LogP contribution in [-0.4, -0.2) is 7.11 Å². The second kappa shape index (κ2) is 8.71. The number of hydrogen-bond acceptors (Lipinski definition) is 1. The molecule has 4 heteroatoms. The molecule has 0 amide bonds. The van der Waals surface area contributed by atoms with Gasteiger partial charge in [-0.15, -0.1) is 24.8 Å². The van der Waals surface area contributed by atoms with Crippen molar-refractivity contribution in [2.24, 2.45) is 0 Å². The molecule has 1 aliphatic rings. The molecule has 0 radical (unpaired) electrons. The first kappa shape index (κ1) is 22.0. The molecule has 0 aliphatic heterocycles. The minimum absolute atomic E-state index is 0. The third-order valence-corrected chi connectivity index (χ3v) is 8.25. The van der Waals surface area contributed by atoms with Crippen LogP contribution in [0.15, 0.2) is 41.5 Å². The Bertz CT molecular complexity index is 571. The van der Waals surface area contributed by atoms with Crippen LogP contribution in [0, 0.1) is 0 Å². The molecule has 1 aromatic carbocycles. The van der Waals surface area contributed by atoms with Crippen molar-refractivity contribution in [2.45, 2.75) is 44.8 Å². The third-order valence-electron chi connectivity index (χ3n) is 4.04. The standard InChI is InChI=1S/C13H13.C4H9.CH3O.2ClH.Ti/c1-10-8-9-13(11(10)2)12-6-4-3-5-7-12;1-4(2)3;1-2;;;/h3-6,8H,9H2,1-2H3;1-3H3;1H3;2*1H;/q;;-1;;;+1. The van der Waals surface area contributed by atoms with Crippen LogP contribution in [0.5, 0.6) is 0 Å². The van der Waals surface area contributed by atoms with Crippen LogP contribution in [-0.2, 0) is 21.6 Å². The Balaban J connectivity index is 0.00000220. The molecule has 1 aromatic rings. The summed E-state index contributed by atoms with van der Waals surface area (Å²) in [5, 5.41) is 0. The van der Waals surface area contributed by atoms with Crippen LogP contribution in [0.1, 0.15) is 46.6 Å². The summed E-state index contributed by atoms with van der Waals surface area (Å²) in [5.74, 6) is 0. The van der Waals surface area contributed by atoms with E-state index < -0.39 is 18.3 Å². The number of benzene rings is 1. The van der Waals surface area contributed by atoms with Gasteiger partial charge >= 0.3 is 130 Å². The van der Waals surface area contributed by atoms with Crippen molar-refractivity contribution in [3.63, 3.8) is 0 Å². The molecule has 2 rings (SSSR count). The Morgan fingerprint density at radius 3 is 2.09 bits per heavy atom. The van der Waals surface area contributed by atoms with Crippen LogP contribution < -0.4 is 3.87 Å². The monoisotopic (exact) mass is 377 g/mol. The van der Waals surface area contributed by atoms with Crippen molar-refractivity contribution in [3.8, 4) is 0 Å². The first-order chi connectivity index (χ1) is 9.36. The first-order valence-corrected chi connectivity index (χ1v) is 9.44. The van der Waals surface area contributed by atoms with Crippen LogP contribution >= 0.6 is 24.8 Å². The van der Waals surface area contributed by atoms with Crippen molar-refractivity contribution < 1.29 is 21.6 Å². The summed E-state index contributed by atoms with van der Waals surface area (Å²) in [4.78, 5) is 0. The Morgan fingerprint density at radius 1 is 1.05 bits per heavy atom. The molecule has 0 heterocycles. The fourth-order valence-corrected chi connectivity index (χ4v) is 6.57. The largest absolute Gasteiger partial charge is 0.147 e. The summed E-state index contributed by atoms with van der Waals surface area (Å²) in [5.41, 5.74) is 5.78. The van der Waals surface area contributed by atoms with Crippen LogP contribution in [0.4, 0.5) is 0 Å². The molecule has 0 saturated carbocycles. The Labute approximate surface area is 154 Å². The minimum Gasteiger partial charge on any atom is -0.147 e. The van der Waals surface area contributed by atoms with Gasteiger partial charge < -0.3 is 0 Å². The van der Waals surface area contributed by atoms with Gasteiger partial charge in [0.25, 0.3) is 0 Å². The predicted octanol–water partition coefficient (Wildman–Crippen LogP) is 5.68. The molecular formula is C18H27Cl2OTi. The molecular weight excluding hydrogens is 351 g/mol. The topological polar surface area (TPSA) is 9.23 Å². The van der Waals surface area contributed by atoms with Gasteiger partial charge in [0.1, 0.15) is 0 Å². The molecule has 0 atom stereocenters.